The normalized spacial score (nSPS) is 15.7. The van der Waals surface area contributed by atoms with Crippen molar-refractivity contribution in [3.8, 4) is 0 Å². The highest BCUT2D eigenvalue weighted by Crippen LogP contribution is 2.27. The molecule has 0 saturated carbocycles. The summed E-state index contributed by atoms with van der Waals surface area (Å²) in [6.45, 7) is 0.332. The molecule has 1 aliphatic heterocycles. The molecular formula is C20H20N2O4. The highest BCUT2D eigenvalue weighted by molar-refractivity contribution is 5.96. The average molecular weight is 352 g/mol. The number of para-hydroxylation sites is 1. The van der Waals surface area contributed by atoms with E-state index in [0.29, 0.717) is 19.4 Å². The van der Waals surface area contributed by atoms with Crippen molar-refractivity contribution in [3.63, 3.8) is 0 Å². The number of carbonyl (C=O) groups is 3. The van der Waals surface area contributed by atoms with Crippen LogP contribution in [-0.2, 0) is 22.6 Å². The van der Waals surface area contributed by atoms with E-state index in [1.807, 2.05) is 24.3 Å². The SMILES string of the molecule is O=C(CCC1Cc2ccccc2NC1=O)NCc1ccc(C(=O)O)cc1. The molecule has 2 aromatic carbocycles. The fraction of sp³-hybridized carbons (Fsp3) is 0.250. The minimum Gasteiger partial charge on any atom is -0.478 e. The van der Waals surface area contributed by atoms with E-state index < -0.39 is 5.97 Å². The molecule has 0 bridgehead atoms. The Labute approximate surface area is 151 Å². The van der Waals surface area contributed by atoms with Crippen molar-refractivity contribution >= 4 is 23.5 Å². The number of carboxylic acids is 1. The lowest BCUT2D eigenvalue weighted by Crippen LogP contribution is -2.31. The van der Waals surface area contributed by atoms with Crippen molar-refractivity contribution in [1.29, 1.82) is 0 Å². The number of amides is 2. The lowest BCUT2D eigenvalue weighted by Gasteiger charge is -2.24. The molecule has 0 aliphatic carbocycles. The first-order valence-electron chi connectivity index (χ1n) is 8.50. The first kappa shape index (κ1) is 17.7. The standard InChI is InChI=1S/C20H20N2O4/c23-18(21-12-13-5-7-14(8-6-13)20(25)26)10-9-16-11-15-3-1-2-4-17(15)22-19(16)24/h1-8,16H,9-12H2,(H,21,23)(H,22,24)(H,25,26). The number of anilines is 1. The second-order valence-corrected chi connectivity index (χ2v) is 6.36. The van der Waals surface area contributed by atoms with Gasteiger partial charge in [-0.15, -0.1) is 0 Å². The highest BCUT2D eigenvalue weighted by Gasteiger charge is 2.26. The molecule has 26 heavy (non-hydrogen) atoms. The van der Waals surface area contributed by atoms with Gasteiger partial charge in [-0.25, -0.2) is 4.79 Å². The zero-order valence-electron chi connectivity index (χ0n) is 14.2. The number of carbonyl (C=O) groups excluding carboxylic acids is 2. The van der Waals surface area contributed by atoms with Gasteiger partial charge >= 0.3 is 5.97 Å². The van der Waals surface area contributed by atoms with Gasteiger partial charge < -0.3 is 15.7 Å². The van der Waals surface area contributed by atoms with Crippen LogP contribution < -0.4 is 10.6 Å². The van der Waals surface area contributed by atoms with Gasteiger partial charge in [0.05, 0.1) is 5.56 Å². The van der Waals surface area contributed by atoms with Crippen molar-refractivity contribution in [1.82, 2.24) is 5.32 Å². The minimum absolute atomic E-state index is 0.0410. The van der Waals surface area contributed by atoms with Gasteiger partial charge in [-0.2, -0.15) is 0 Å². The van der Waals surface area contributed by atoms with Crippen molar-refractivity contribution in [3.05, 3.63) is 65.2 Å². The van der Waals surface area contributed by atoms with Gasteiger partial charge in [0.15, 0.2) is 0 Å². The monoisotopic (exact) mass is 352 g/mol. The largest absolute Gasteiger partial charge is 0.478 e. The van der Waals surface area contributed by atoms with Crippen LogP contribution in [0.4, 0.5) is 5.69 Å². The number of hydrogen-bond donors (Lipinski definition) is 3. The van der Waals surface area contributed by atoms with Crippen LogP contribution in [0.3, 0.4) is 0 Å². The molecule has 0 aromatic heterocycles. The molecule has 6 nitrogen and oxygen atoms in total. The second kappa shape index (κ2) is 7.82. The third kappa shape index (κ3) is 4.27. The van der Waals surface area contributed by atoms with E-state index in [0.717, 1.165) is 16.8 Å². The van der Waals surface area contributed by atoms with Gasteiger partial charge in [-0.05, 0) is 42.2 Å². The Hall–Kier alpha value is -3.15. The predicted octanol–water partition coefficient (Wildman–Crippen LogP) is 2.59. The molecule has 134 valence electrons. The van der Waals surface area contributed by atoms with Crippen molar-refractivity contribution < 1.29 is 19.5 Å². The van der Waals surface area contributed by atoms with E-state index >= 15 is 0 Å². The van der Waals surface area contributed by atoms with Crippen LogP contribution in [0.25, 0.3) is 0 Å². The fourth-order valence-electron chi connectivity index (χ4n) is 3.01. The Morgan fingerprint density at radius 3 is 2.58 bits per heavy atom. The summed E-state index contributed by atoms with van der Waals surface area (Å²) in [7, 11) is 0. The van der Waals surface area contributed by atoms with Crippen molar-refractivity contribution in [2.24, 2.45) is 5.92 Å². The van der Waals surface area contributed by atoms with Gasteiger partial charge in [0.2, 0.25) is 11.8 Å². The zero-order valence-corrected chi connectivity index (χ0v) is 14.2. The Kier molecular flexibility index (Phi) is 5.31. The van der Waals surface area contributed by atoms with Gasteiger partial charge in [-0.3, -0.25) is 9.59 Å². The van der Waals surface area contributed by atoms with Crippen LogP contribution >= 0.6 is 0 Å². The van der Waals surface area contributed by atoms with Crippen molar-refractivity contribution in [2.75, 3.05) is 5.32 Å². The van der Waals surface area contributed by atoms with E-state index in [9.17, 15) is 14.4 Å². The smallest absolute Gasteiger partial charge is 0.335 e. The Balaban J connectivity index is 1.47. The molecule has 0 fully saturated rings. The summed E-state index contributed by atoms with van der Waals surface area (Å²) < 4.78 is 0. The molecule has 6 heteroatoms. The topological polar surface area (TPSA) is 95.5 Å². The predicted molar refractivity (Wildman–Crippen MR) is 96.7 cm³/mol. The molecular weight excluding hydrogens is 332 g/mol. The molecule has 1 aliphatic rings. The summed E-state index contributed by atoms with van der Waals surface area (Å²) in [6, 6.07) is 14.1. The molecule has 3 N–H and O–H groups in total. The summed E-state index contributed by atoms with van der Waals surface area (Å²) >= 11 is 0. The van der Waals surface area contributed by atoms with Gasteiger partial charge in [0, 0.05) is 24.6 Å². The van der Waals surface area contributed by atoms with E-state index in [1.165, 1.54) is 12.1 Å². The Bertz CT molecular complexity index is 830. The van der Waals surface area contributed by atoms with Crippen LogP contribution in [0, 0.1) is 5.92 Å². The molecule has 0 radical (unpaired) electrons. The number of nitrogens with one attached hydrogen (secondary N) is 2. The van der Waals surface area contributed by atoms with Crippen LogP contribution in [0.2, 0.25) is 0 Å². The fourth-order valence-corrected chi connectivity index (χ4v) is 3.01. The maximum Gasteiger partial charge on any atom is 0.335 e. The molecule has 1 atom stereocenters. The Morgan fingerprint density at radius 1 is 1.12 bits per heavy atom. The maximum absolute atomic E-state index is 12.1. The summed E-state index contributed by atoms with van der Waals surface area (Å²) in [5.74, 6) is -1.35. The molecule has 0 saturated heterocycles. The van der Waals surface area contributed by atoms with E-state index in [2.05, 4.69) is 10.6 Å². The third-order valence-electron chi connectivity index (χ3n) is 4.52. The van der Waals surface area contributed by atoms with Crippen LogP contribution in [-0.4, -0.2) is 22.9 Å². The number of benzene rings is 2. The summed E-state index contributed by atoms with van der Waals surface area (Å²) in [4.78, 5) is 35.0. The van der Waals surface area contributed by atoms with Crippen LogP contribution in [0.5, 0.6) is 0 Å². The van der Waals surface area contributed by atoms with E-state index in [-0.39, 0.29) is 29.7 Å². The molecule has 2 amide bonds. The quantitative estimate of drug-likeness (QED) is 0.745. The third-order valence-corrected chi connectivity index (χ3v) is 4.52. The van der Waals surface area contributed by atoms with Crippen LogP contribution in [0.1, 0.15) is 34.3 Å². The van der Waals surface area contributed by atoms with E-state index in [1.54, 1.807) is 12.1 Å². The van der Waals surface area contributed by atoms with Crippen LogP contribution in [0.15, 0.2) is 48.5 Å². The molecule has 3 rings (SSSR count). The first-order valence-corrected chi connectivity index (χ1v) is 8.50. The average Bonchev–Trinajstić information content (AvgIpc) is 2.65. The number of fused-ring (bicyclic) bond motifs is 1. The summed E-state index contributed by atoms with van der Waals surface area (Å²) in [5.41, 5.74) is 2.98. The van der Waals surface area contributed by atoms with Gasteiger partial charge in [0.1, 0.15) is 0 Å². The lowest BCUT2D eigenvalue weighted by molar-refractivity contribution is -0.123. The number of aromatic carboxylic acids is 1. The van der Waals surface area contributed by atoms with Gasteiger partial charge in [0.25, 0.3) is 0 Å². The molecule has 2 aromatic rings. The van der Waals surface area contributed by atoms with Crippen molar-refractivity contribution in [2.45, 2.75) is 25.8 Å². The summed E-state index contributed by atoms with van der Waals surface area (Å²) in [5, 5.41) is 14.6. The molecule has 0 spiro atoms. The summed E-state index contributed by atoms with van der Waals surface area (Å²) in [6.07, 6.45) is 1.41. The number of hydrogen-bond acceptors (Lipinski definition) is 3. The molecule has 1 unspecified atom stereocenters. The Morgan fingerprint density at radius 2 is 1.85 bits per heavy atom. The maximum atomic E-state index is 12.1. The number of rotatable bonds is 6. The highest BCUT2D eigenvalue weighted by atomic mass is 16.4. The lowest BCUT2D eigenvalue weighted by atomic mass is 9.89. The minimum atomic E-state index is -0.979. The van der Waals surface area contributed by atoms with E-state index in [4.69, 9.17) is 5.11 Å². The first-order chi connectivity index (χ1) is 12.5. The number of carboxylic acid groups (broad SMARTS) is 1. The second-order valence-electron chi connectivity index (χ2n) is 6.36. The van der Waals surface area contributed by atoms with Gasteiger partial charge in [-0.1, -0.05) is 30.3 Å². The molecule has 1 heterocycles. The zero-order chi connectivity index (χ0) is 18.5.